The predicted octanol–water partition coefficient (Wildman–Crippen LogP) is 2.97. The Morgan fingerprint density at radius 1 is 1.17 bits per heavy atom. The standard InChI is InChI=1S/C16H24N2/c1-16(9-5-10-16)18-12-6-11-17-15(13-18)14-7-3-2-4-8-14/h2-4,7-8,15,17H,5-6,9-13H2,1H3. The van der Waals surface area contributed by atoms with E-state index in [1.54, 1.807) is 0 Å². The van der Waals surface area contributed by atoms with Crippen LogP contribution in [0.15, 0.2) is 30.3 Å². The van der Waals surface area contributed by atoms with Crippen molar-refractivity contribution in [3.05, 3.63) is 35.9 Å². The third kappa shape index (κ3) is 2.32. The van der Waals surface area contributed by atoms with Gasteiger partial charge in [0.15, 0.2) is 0 Å². The molecule has 0 bridgehead atoms. The molecule has 98 valence electrons. The third-order valence-corrected chi connectivity index (χ3v) is 4.79. The lowest BCUT2D eigenvalue weighted by Crippen LogP contribution is -2.52. The zero-order valence-corrected chi connectivity index (χ0v) is 11.4. The summed E-state index contributed by atoms with van der Waals surface area (Å²) in [6, 6.07) is 11.4. The average Bonchev–Trinajstić information content (AvgIpc) is 2.63. The predicted molar refractivity (Wildman–Crippen MR) is 75.6 cm³/mol. The molecule has 1 unspecified atom stereocenters. The van der Waals surface area contributed by atoms with Crippen LogP contribution in [0.5, 0.6) is 0 Å². The van der Waals surface area contributed by atoms with E-state index < -0.39 is 0 Å². The van der Waals surface area contributed by atoms with Crippen LogP contribution in [0.2, 0.25) is 0 Å². The fourth-order valence-corrected chi connectivity index (χ4v) is 3.33. The van der Waals surface area contributed by atoms with Gasteiger partial charge in [-0.25, -0.2) is 0 Å². The van der Waals surface area contributed by atoms with Crippen molar-refractivity contribution in [3.8, 4) is 0 Å². The molecule has 18 heavy (non-hydrogen) atoms. The summed E-state index contributed by atoms with van der Waals surface area (Å²) >= 11 is 0. The molecule has 1 N–H and O–H groups in total. The van der Waals surface area contributed by atoms with Gasteiger partial charge >= 0.3 is 0 Å². The van der Waals surface area contributed by atoms with Gasteiger partial charge in [0.25, 0.3) is 0 Å². The zero-order valence-electron chi connectivity index (χ0n) is 11.4. The lowest BCUT2D eigenvalue weighted by atomic mass is 9.76. The second kappa shape index (κ2) is 5.02. The van der Waals surface area contributed by atoms with Crippen molar-refractivity contribution in [3.63, 3.8) is 0 Å². The highest BCUT2D eigenvalue weighted by molar-refractivity contribution is 5.20. The van der Waals surface area contributed by atoms with Gasteiger partial charge in [-0.15, -0.1) is 0 Å². The van der Waals surface area contributed by atoms with Crippen LogP contribution in [0, 0.1) is 0 Å². The van der Waals surface area contributed by atoms with Gasteiger partial charge in [-0.3, -0.25) is 4.90 Å². The number of benzene rings is 1. The Bertz CT molecular complexity index is 383. The summed E-state index contributed by atoms with van der Waals surface area (Å²) in [5.74, 6) is 0. The van der Waals surface area contributed by atoms with Gasteiger partial charge in [-0.2, -0.15) is 0 Å². The van der Waals surface area contributed by atoms with E-state index in [4.69, 9.17) is 0 Å². The van der Waals surface area contributed by atoms with Crippen LogP contribution < -0.4 is 5.32 Å². The second-order valence-electron chi connectivity index (χ2n) is 6.07. The van der Waals surface area contributed by atoms with E-state index in [0.717, 1.165) is 6.54 Å². The summed E-state index contributed by atoms with van der Waals surface area (Å²) in [6.45, 7) is 6.02. The molecule has 2 fully saturated rings. The first-order valence-electron chi connectivity index (χ1n) is 7.31. The topological polar surface area (TPSA) is 15.3 Å². The van der Waals surface area contributed by atoms with Crippen LogP contribution in [0.25, 0.3) is 0 Å². The summed E-state index contributed by atoms with van der Waals surface area (Å²) in [5, 5.41) is 3.71. The Morgan fingerprint density at radius 3 is 2.61 bits per heavy atom. The Balaban J connectivity index is 1.75. The van der Waals surface area contributed by atoms with Crippen LogP contribution >= 0.6 is 0 Å². The largest absolute Gasteiger partial charge is 0.309 e. The van der Waals surface area contributed by atoms with Crippen molar-refractivity contribution in [2.75, 3.05) is 19.6 Å². The molecule has 1 heterocycles. The molecule has 2 heteroatoms. The maximum Gasteiger partial charge on any atom is 0.0449 e. The van der Waals surface area contributed by atoms with E-state index in [0.29, 0.717) is 11.6 Å². The SMILES string of the molecule is CC1(N2CCCNC(c3ccccc3)C2)CCC1. The molecule has 2 nitrogen and oxygen atoms in total. The number of nitrogens with zero attached hydrogens (tertiary/aromatic N) is 1. The molecule has 3 rings (SSSR count). The summed E-state index contributed by atoms with van der Waals surface area (Å²) in [6.07, 6.45) is 5.46. The van der Waals surface area contributed by atoms with Gasteiger partial charge < -0.3 is 5.32 Å². The summed E-state index contributed by atoms with van der Waals surface area (Å²) in [5.41, 5.74) is 1.92. The number of nitrogens with one attached hydrogen (secondary N) is 1. The average molecular weight is 244 g/mol. The van der Waals surface area contributed by atoms with Gasteiger partial charge in [0.05, 0.1) is 0 Å². The maximum atomic E-state index is 3.71. The van der Waals surface area contributed by atoms with E-state index in [2.05, 4.69) is 47.5 Å². The van der Waals surface area contributed by atoms with Crippen LogP contribution in [0.1, 0.15) is 44.2 Å². The van der Waals surface area contributed by atoms with Crippen LogP contribution in [-0.2, 0) is 0 Å². The molecule has 0 amide bonds. The van der Waals surface area contributed by atoms with E-state index in [1.165, 1.54) is 44.3 Å². The third-order valence-electron chi connectivity index (χ3n) is 4.79. The van der Waals surface area contributed by atoms with Crippen molar-refractivity contribution in [1.82, 2.24) is 10.2 Å². The number of hydrogen-bond acceptors (Lipinski definition) is 2. The van der Waals surface area contributed by atoms with Crippen molar-refractivity contribution < 1.29 is 0 Å². The lowest BCUT2D eigenvalue weighted by Gasteiger charge is -2.48. The minimum absolute atomic E-state index is 0.485. The number of hydrogen-bond donors (Lipinski definition) is 1. The summed E-state index contributed by atoms with van der Waals surface area (Å²) in [4.78, 5) is 2.73. The minimum Gasteiger partial charge on any atom is -0.309 e. The summed E-state index contributed by atoms with van der Waals surface area (Å²) < 4.78 is 0. The first-order chi connectivity index (χ1) is 8.78. The molecular weight excluding hydrogens is 220 g/mol. The molecule has 1 aromatic carbocycles. The van der Waals surface area contributed by atoms with Gasteiger partial charge in [-0.05, 0) is 51.3 Å². The Kier molecular flexibility index (Phi) is 3.40. The summed E-state index contributed by atoms with van der Waals surface area (Å²) in [7, 11) is 0. The number of rotatable bonds is 2. The molecule has 0 aromatic heterocycles. The molecule has 1 aliphatic heterocycles. The van der Waals surface area contributed by atoms with Crippen molar-refractivity contribution >= 4 is 0 Å². The van der Waals surface area contributed by atoms with Crippen LogP contribution in [-0.4, -0.2) is 30.1 Å². The van der Waals surface area contributed by atoms with Gasteiger partial charge in [0.2, 0.25) is 0 Å². The van der Waals surface area contributed by atoms with Crippen LogP contribution in [0.4, 0.5) is 0 Å². The molecular formula is C16H24N2. The highest BCUT2D eigenvalue weighted by Crippen LogP contribution is 2.38. The molecule has 1 aromatic rings. The molecule has 2 aliphatic rings. The molecule has 0 spiro atoms. The smallest absolute Gasteiger partial charge is 0.0449 e. The van der Waals surface area contributed by atoms with Crippen LogP contribution in [0.3, 0.4) is 0 Å². The van der Waals surface area contributed by atoms with E-state index >= 15 is 0 Å². The van der Waals surface area contributed by atoms with E-state index in [9.17, 15) is 0 Å². The molecule has 0 radical (unpaired) electrons. The monoisotopic (exact) mass is 244 g/mol. The molecule has 1 saturated heterocycles. The van der Waals surface area contributed by atoms with E-state index in [1.807, 2.05) is 0 Å². The highest BCUT2D eigenvalue weighted by atomic mass is 15.2. The normalized spacial score (nSPS) is 28.4. The first kappa shape index (κ1) is 12.2. The molecule has 1 atom stereocenters. The second-order valence-corrected chi connectivity index (χ2v) is 6.07. The van der Waals surface area contributed by atoms with Crippen molar-refractivity contribution in [2.45, 2.75) is 44.2 Å². The van der Waals surface area contributed by atoms with Gasteiger partial charge in [0.1, 0.15) is 0 Å². The highest BCUT2D eigenvalue weighted by Gasteiger charge is 2.39. The maximum absolute atomic E-state index is 3.71. The lowest BCUT2D eigenvalue weighted by molar-refractivity contribution is 0.0310. The quantitative estimate of drug-likeness (QED) is 0.860. The van der Waals surface area contributed by atoms with Crippen molar-refractivity contribution in [1.29, 1.82) is 0 Å². The Hall–Kier alpha value is -0.860. The van der Waals surface area contributed by atoms with Gasteiger partial charge in [0, 0.05) is 18.1 Å². The van der Waals surface area contributed by atoms with Gasteiger partial charge in [-0.1, -0.05) is 30.3 Å². The fraction of sp³-hybridized carbons (Fsp3) is 0.625. The molecule has 1 aliphatic carbocycles. The zero-order chi connectivity index (χ0) is 12.4. The fourth-order valence-electron chi connectivity index (χ4n) is 3.33. The Labute approximate surface area is 110 Å². The van der Waals surface area contributed by atoms with E-state index in [-0.39, 0.29) is 0 Å². The first-order valence-corrected chi connectivity index (χ1v) is 7.31. The Morgan fingerprint density at radius 2 is 1.94 bits per heavy atom. The minimum atomic E-state index is 0.485. The van der Waals surface area contributed by atoms with Crippen molar-refractivity contribution in [2.24, 2.45) is 0 Å². The molecule has 1 saturated carbocycles.